The second-order valence-electron chi connectivity index (χ2n) is 6.47. The van der Waals surface area contributed by atoms with Gasteiger partial charge in [-0.1, -0.05) is 6.07 Å². The summed E-state index contributed by atoms with van der Waals surface area (Å²) in [6, 6.07) is 3.59. The maximum atomic E-state index is 11.8. The second kappa shape index (κ2) is 6.85. The van der Waals surface area contributed by atoms with E-state index in [2.05, 4.69) is 15.6 Å². The number of carboxylic acid groups (broad SMARTS) is 1. The van der Waals surface area contributed by atoms with Gasteiger partial charge in [-0.3, -0.25) is 4.98 Å². The summed E-state index contributed by atoms with van der Waals surface area (Å²) in [4.78, 5) is 28.3. The Hall–Kier alpha value is -2.31. The smallest absolute Gasteiger partial charge is 0.407 e. The number of carbonyl (C=O) groups excluding carboxylic acids is 1. The molecule has 1 aromatic heterocycles. The van der Waals surface area contributed by atoms with E-state index in [-0.39, 0.29) is 6.03 Å². The van der Waals surface area contributed by atoms with Crippen molar-refractivity contribution in [2.45, 2.75) is 19.4 Å². The van der Waals surface area contributed by atoms with E-state index in [1.54, 1.807) is 12.4 Å². The lowest BCUT2D eigenvalue weighted by atomic mass is 10.0. The Kier molecular flexibility index (Phi) is 4.64. The van der Waals surface area contributed by atoms with E-state index < -0.39 is 6.09 Å². The first kappa shape index (κ1) is 15.6. The molecule has 124 valence electrons. The molecule has 0 aromatic carbocycles. The molecule has 1 aliphatic carbocycles. The summed E-state index contributed by atoms with van der Waals surface area (Å²) in [5.41, 5.74) is 0.965. The Morgan fingerprint density at radius 2 is 2.00 bits per heavy atom. The standard InChI is InChI=1S/C16H22N4O3/c21-15(18-7-11-2-1-3-17-6-11)19-8-12-4-13-9-20(16(22)23)10-14(13)5-12/h1-3,6,12-14H,4-5,7-10H2,(H,22,23)(H2,18,19,21). The molecular formula is C16H22N4O3. The molecule has 2 fully saturated rings. The zero-order valence-corrected chi connectivity index (χ0v) is 12.9. The van der Waals surface area contributed by atoms with E-state index in [9.17, 15) is 9.59 Å². The monoisotopic (exact) mass is 318 g/mol. The lowest BCUT2D eigenvalue weighted by Gasteiger charge is -2.16. The number of aromatic nitrogens is 1. The molecule has 1 saturated heterocycles. The van der Waals surface area contributed by atoms with E-state index in [0.29, 0.717) is 43.9 Å². The lowest BCUT2D eigenvalue weighted by Crippen LogP contribution is -2.38. The first-order valence-electron chi connectivity index (χ1n) is 8.00. The Balaban J connectivity index is 1.36. The third kappa shape index (κ3) is 3.91. The number of amides is 3. The fourth-order valence-electron chi connectivity index (χ4n) is 3.73. The van der Waals surface area contributed by atoms with Gasteiger partial charge < -0.3 is 20.6 Å². The Bertz CT molecular complexity index is 552. The van der Waals surface area contributed by atoms with Crippen LogP contribution in [0.1, 0.15) is 18.4 Å². The number of hydrogen-bond acceptors (Lipinski definition) is 3. The van der Waals surface area contributed by atoms with Crippen molar-refractivity contribution in [1.82, 2.24) is 20.5 Å². The van der Waals surface area contributed by atoms with Crippen LogP contribution < -0.4 is 10.6 Å². The first-order valence-corrected chi connectivity index (χ1v) is 8.00. The van der Waals surface area contributed by atoms with E-state index in [1.165, 1.54) is 4.90 Å². The Morgan fingerprint density at radius 3 is 2.61 bits per heavy atom. The number of likely N-dealkylation sites (tertiary alicyclic amines) is 1. The average molecular weight is 318 g/mol. The van der Waals surface area contributed by atoms with Gasteiger partial charge in [-0.05, 0) is 42.2 Å². The van der Waals surface area contributed by atoms with Gasteiger partial charge in [-0.25, -0.2) is 9.59 Å². The third-order valence-corrected chi connectivity index (χ3v) is 4.85. The van der Waals surface area contributed by atoms with Crippen LogP contribution in [0.3, 0.4) is 0 Å². The topological polar surface area (TPSA) is 94.6 Å². The van der Waals surface area contributed by atoms with Crippen LogP contribution in [-0.4, -0.2) is 46.7 Å². The number of nitrogens with one attached hydrogen (secondary N) is 2. The molecular weight excluding hydrogens is 296 g/mol. The van der Waals surface area contributed by atoms with Crippen LogP contribution in [0.4, 0.5) is 9.59 Å². The summed E-state index contributed by atoms with van der Waals surface area (Å²) in [7, 11) is 0. The van der Waals surface area contributed by atoms with Crippen molar-refractivity contribution in [3.63, 3.8) is 0 Å². The molecule has 2 aliphatic rings. The molecule has 2 unspecified atom stereocenters. The van der Waals surface area contributed by atoms with Crippen LogP contribution in [0.5, 0.6) is 0 Å². The lowest BCUT2D eigenvalue weighted by molar-refractivity contribution is 0.151. The highest BCUT2D eigenvalue weighted by atomic mass is 16.4. The van der Waals surface area contributed by atoms with Crippen molar-refractivity contribution in [2.24, 2.45) is 17.8 Å². The number of pyridine rings is 1. The SMILES string of the molecule is O=C(NCc1cccnc1)NCC1CC2CN(C(=O)O)CC2C1. The first-order chi connectivity index (χ1) is 11.1. The van der Waals surface area contributed by atoms with Gasteiger partial charge in [0.2, 0.25) is 0 Å². The molecule has 1 aliphatic heterocycles. The normalized spacial score (nSPS) is 25.9. The minimum atomic E-state index is -0.816. The summed E-state index contributed by atoms with van der Waals surface area (Å²) in [6.45, 7) is 2.40. The van der Waals surface area contributed by atoms with Crippen molar-refractivity contribution in [3.8, 4) is 0 Å². The predicted octanol–water partition coefficient (Wildman–Crippen LogP) is 1.52. The van der Waals surface area contributed by atoms with E-state index in [4.69, 9.17) is 5.11 Å². The van der Waals surface area contributed by atoms with Gasteiger partial charge in [0.1, 0.15) is 0 Å². The zero-order chi connectivity index (χ0) is 16.2. The number of carbonyl (C=O) groups is 2. The maximum Gasteiger partial charge on any atom is 0.407 e. The van der Waals surface area contributed by atoms with Gasteiger partial charge in [0.05, 0.1) is 0 Å². The fourth-order valence-corrected chi connectivity index (χ4v) is 3.73. The quantitative estimate of drug-likeness (QED) is 0.784. The van der Waals surface area contributed by atoms with Crippen LogP contribution in [0, 0.1) is 17.8 Å². The average Bonchev–Trinajstić information content (AvgIpc) is 3.10. The molecule has 3 rings (SSSR count). The molecule has 3 amide bonds. The second-order valence-corrected chi connectivity index (χ2v) is 6.47. The predicted molar refractivity (Wildman–Crippen MR) is 83.8 cm³/mol. The minimum absolute atomic E-state index is 0.168. The third-order valence-electron chi connectivity index (χ3n) is 4.85. The number of fused-ring (bicyclic) bond motifs is 1. The van der Waals surface area contributed by atoms with Crippen LogP contribution in [0.25, 0.3) is 0 Å². The Labute approximate surface area is 135 Å². The van der Waals surface area contributed by atoms with Crippen LogP contribution in [-0.2, 0) is 6.54 Å². The summed E-state index contributed by atoms with van der Waals surface area (Å²) in [6.07, 6.45) is 4.61. The van der Waals surface area contributed by atoms with E-state index >= 15 is 0 Å². The van der Waals surface area contributed by atoms with Crippen molar-refractivity contribution in [3.05, 3.63) is 30.1 Å². The van der Waals surface area contributed by atoms with E-state index in [1.807, 2.05) is 12.1 Å². The summed E-state index contributed by atoms with van der Waals surface area (Å²) in [5.74, 6) is 1.36. The highest BCUT2D eigenvalue weighted by Gasteiger charge is 2.42. The van der Waals surface area contributed by atoms with Crippen LogP contribution >= 0.6 is 0 Å². The molecule has 7 nitrogen and oxygen atoms in total. The molecule has 1 saturated carbocycles. The van der Waals surface area contributed by atoms with Gasteiger partial charge in [0.15, 0.2) is 0 Å². The Morgan fingerprint density at radius 1 is 1.26 bits per heavy atom. The van der Waals surface area contributed by atoms with Gasteiger partial charge in [-0.2, -0.15) is 0 Å². The largest absolute Gasteiger partial charge is 0.465 e. The van der Waals surface area contributed by atoms with Crippen molar-refractivity contribution < 1.29 is 14.7 Å². The van der Waals surface area contributed by atoms with E-state index in [0.717, 1.165) is 18.4 Å². The summed E-state index contributed by atoms with van der Waals surface area (Å²) in [5, 5.41) is 14.8. The number of hydrogen-bond donors (Lipinski definition) is 3. The van der Waals surface area contributed by atoms with Crippen molar-refractivity contribution in [2.75, 3.05) is 19.6 Å². The van der Waals surface area contributed by atoms with Crippen LogP contribution in [0.15, 0.2) is 24.5 Å². The summed E-state index contributed by atoms with van der Waals surface area (Å²) < 4.78 is 0. The zero-order valence-electron chi connectivity index (χ0n) is 12.9. The van der Waals surface area contributed by atoms with Gasteiger partial charge in [-0.15, -0.1) is 0 Å². The molecule has 0 radical (unpaired) electrons. The molecule has 2 atom stereocenters. The maximum absolute atomic E-state index is 11.8. The molecule has 23 heavy (non-hydrogen) atoms. The highest BCUT2D eigenvalue weighted by Crippen LogP contribution is 2.41. The molecule has 1 aromatic rings. The highest BCUT2D eigenvalue weighted by molar-refractivity contribution is 5.73. The summed E-state index contributed by atoms with van der Waals surface area (Å²) >= 11 is 0. The van der Waals surface area contributed by atoms with Gasteiger partial charge in [0.25, 0.3) is 0 Å². The molecule has 0 spiro atoms. The minimum Gasteiger partial charge on any atom is -0.465 e. The molecule has 2 heterocycles. The van der Waals surface area contributed by atoms with Gasteiger partial charge in [0, 0.05) is 38.6 Å². The molecule has 3 N–H and O–H groups in total. The van der Waals surface area contributed by atoms with Crippen LogP contribution in [0.2, 0.25) is 0 Å². The van der Waals surface area contributed by atoms with Crippen molar-refractivity contribution >= 4 is 12.1 Å². The fraction of sp³-hybridized carbons (Fsp3) is 0.562. The van der Waals surface area contributed by atoms with Gasteiger partial charge >= 0.3 is 12.1 Å². The number of nitrogens with zero attached hydrogens (tertiary/aromatic N) is 2. The molecule has 7 heteroatoms. The number of rotatable bonds is 4. The molecule has 0 bridgehead atoms. The number of urea groups is 1. The van der Waals surface area contributed by atoms with Crippen molar-refractivity contribution in [1.29, 1.82) is 0 Å².